The van der Waals surface area contributed by atoms with Crippen molar-refractivity contribution in [3.8, 4) is 0 Å². The van der Waals surface area contributed by atoms with Crippen LogP contribution in [0.5, 0.6) is 0 Å². The number of nitrogen functional groups attached to an aromatic ring is 2. The highest BCUT2D eigenvalue weighted by molar-refractivity contribution is 5.70. The van der Waals surface area contributed by atoms with Gasteiger partial charge in [0, 0.05) is 0 Å². The summed E-state index contributed by atoms with van der Waals surface area (Å²) in [6.07, 6.45) is -4.63. The lowest BCUT2D eigenvalue weighted by Gasteiger charge is -2.06. The molecular weight excluding hydrogens is 280 g/mol. The molecule has 0 saturated carbocycles. The summed E-state index contributed by atoms with van der Waals surface area (Å²) in [5.74, 6) is -1.21. The molecule has 6 nitrogen and oxygen atoms in total. The lowest BCUT2D eigenvalue weighted by atomic mass is 10.2. The van der Waals surface area contributed by atoms with Crippen molar-refractivity contribution < 1.29 is 17.6 Å². The Kier molecular flexibility index (Phi) is 3.30. The summed E-state index contributed by atoms with van der Waals surface area (Å²) >= 11 is 0. The Balaban J connectivity index is 2.31. The van der Waals surface area contributed by atoms with Crippen LogP contribution in [-0.2, 0) is 6.18 Å². The second kappa shape index (κ2) is 4.79. The van der Waals surface area contributed by atoms with E-state index in [1.807, 2.05) is 0 Å². The Bertz CT molecular complexity index is 641. The summed E-state index contributed by atoms with van der Waals surface area (Å²) in [7, 11) is 0. The number of anilines is 2. The Morgan fingerprint density at radius 2 is 1.85 bits per heavy atom. The molecule has 0 saturated heterocycles. The standard InChI is InChI=1S/C10H8F4N6/c11-5-3-4(10(12,13)14)1-2-6(5)17-18-7-8(15)19-20-9(7)16/h1-3H,(H5,15,16,19,20). The third kappa shape index (κ3) is 2.68. The number of aromatic nitrogens is 2. The molecule has 0 aliphatic rings. The highest BCUT2D eigenvalue weighted by atomic mass is 19.4. The summed E-state index contributed by atoms with van der Waals surface area (Å²) in [4.78, 5) is 0. The van der Waals surface area contributed by atoms with E-state index in [2.05, 4.69) is 20.4 Å². The number of hydrogen-bond acceptors (Lipinski definition) is 5. The number of aromatic amines is 1. The highest BCUT2D eigenvalue weighted by Gasteiger charge is 2.31. The van der Waals surface area contributed by atoms with Crippen LogP contribution < -0.4 is 11.5 Å². The third-order valence-electron chi connectivity index (χ3n) is 2.33. The first kappa shape index (κ1) is 13.8. The van der Waals surface area contributed by atoms with Gasteiger partial charge in [0.15, 0.2) is 17.3 Å². The van der Waals surface area contributed by atoms with E-state index in [4.69, 9.17) is 11.5 Å². The molecule has 20 heavy (non-hydrogen) atoms. The fourth-order valence-electron chi connectivity index (χ4n) is 1.34. The van der Waals surface area contributed by atoms with Crippen LogP contribution in [0.1, 0.15) is 5.56 Å². The van der Waals surface area contributed by atoms with E-state index < -0.39 is 17.6 Å². The second-order valence-electron chi connectivity index (χ2n) is 3.74. The van der Waals surface area contributed by atoms with Gasteiger partial charge in [-0.25, -0.2) is 4.39 Å². The van der Waals surface area contributed by atoms with E-state index in [1.54, 1.807) is 0 Å². The molecule has 0 spiro atoms. The molecule has 0 aliphatic heterocycles. The number of alkyl halides is 3. The van der Waals surface area contributed by atoms with Crippen LogP contribution in [-0.4, -0.2) is 10.2 Å². The number of halogens is 4. The molecular formula is C10H8F4N6. The van der Waals surface area contributed by atoms with E-state index in [0.29, 0.717) is 12.1 Å². The zero-order valence-corrected chi connectivity index (χ0v) is 9.74. The molecule has 0 amide bonds. The van der Waals surface area contributed by atoms with Crippen LogP contribution in [0.3, 0.4) is 0 Å². The van der Waals surface area contributed by atoms with Crippen LogP contribution in [0.15, 0.2) is 28.4 Å². The average molecular weight is 288 g/mol. The first-order valence-corrected chi connectivity index (χ1v) is 5.17. The van der Waals surface area contributed by atoms with Crippen LogP contribution in [0, 0.1) is 5.82 Å². The molecule has 1 heterocycles. The topological polar surface area (TPSA) is 105 Å². The number of nitrogens with one attached hydrogen (secondary N) is 1. The predicted octanol–water partition coefficient (Wildman–Crippen LogP) is 3.15. The highest BCUT2D eigenvalue weighted by Crippen LogP contribution is 2.33. The molecule has 2 rings (SSSR count). The lowest BCUT2D eigenvalue weighted by molar-refractivity contribution is -0.137. The van der Waals surface area contributed by atoms with Crippen LogP contribution in [0.4, 0.5) is 40.6 Å². The number of rotatable bonds is 2. The van der Waals surface area contributed by atoms with Gasteiger partial charge in [-0.15, -0.1) is 10.2 Å². The first-order chi connectivity index (χ1) is 9.29. The molecule has 0 unspecified atom stereocenters. The number of nitrogens with two attached hydrogens (primary N) is 2. The van der Waals surface area contributed by atoms with Crippen molar-refractivity contribution in [2.75, 3.05) is 11.5 Å². The van der Waals surface area contributed by atoms with Crippen molar-refractivity contribution in [1.29, 1.82) is 0 Å². The van der Waals surface area contributed by atoms with Gasteiger partial charge in [0.25, 0.3) is 0 Å². The van der Waals surface area contributed by atoms with Crippen LogP contribution >= 0.6 is 0 Å². The normalized spacial score (nSPS) is 12.2. The second-order valence-corrected chi connectivity index (χ2v) is 3.74. The van der Waals surface area contributed by atoms with Crippen molar-refractivity contribution in [2.45, 2.75) is 6.18 Å². The van der Waals surface area contributed by atoms with Crippen molar-refractivity contribution >= 4 is 23.0 Å². The smallest absolute Gasteiger partial charge is 0.382 e. The molecule has 0 atom stereocenters. The van der Waals surface area contributed by atoms with E-state index >= 15 is 0 Å². The van der Waals surface area contributed by atoms with E-state index in [1.165, 1.54) is 0 Å². The van der Waals surface area contributed by atoms with E-state index in [9.17, 15) is 17.6 Å². The largest absolute Gasteiger partial charge is 0.416 e. The van der Waals surface area contributed by atoms with Gasteiger partial charge in [-0.1, -0.05) is 0 Å². The van der Waals surface area contributed by atoms with Gasteiger partial charge in [-0.05, 0) is 18.2 Å². The molecule has 5 N–H and O–H groups in total. The molecule has 106 valence electrons. The number of hydrogen-bond donors (Lipinski definition) is 3. The van der Waals surface area contributed by atoms with Gasteiger partial charge in [0.1, 0.15) is 11.5 Å². The molecule has 2 aromatic rings. The van der Waals surface area contributed by atoms with E-state index in [0.717, 1.165) is 6.07 Å². The molecule has 10 heteroatoms. The fourth-order valence-corrected chi connectivity index (χ4v) is 1.34. The first-order valence-electron chi connectivity index (χ1n) is 5.17. The van der Waals surface area contributed by atoms with Gasteiger partial charge in [-0.3, -0.25) is 5.10 Å². The van der Waals surface area contributed by atoms with Gasteiger partial charge < -0.3 is 11.5 Å². The maximum absolute atomic E-state index is 13.5. The van der Waals surface area contributed by atoms with Crippen molar-refractivity contribution in [3.63, 3.8) is 0 Å². The quantitative estimate of drug-likeness (QED) is 0.583. The number of benzene rings is 1. The fraction of sp³-hybridized carbons (Fsp3) is 0.100. The number of azo groups is 1. The number of nitrogens with zero attached hydrogens (tertiary/aromatic N) is 3. The third-order valence-corrected chi connectivity index (χ3v) is 2.33. The summed E-state index contributed by atoms with van der Waals surface area (Å²) < 4.78 is 50.5. The predicted molar refractivity (Wildman–Crippen MR) is 63.0 cm³/mol. The van der Waals surface area contributed by atoms with E-state index in [-0.39, 0.29) is 23.0 Å². The molecule has 0 aliphatic carbocycles. The molecule has 0 bridgehead atoms. The maximum atomic E-state index is 13.5. The minimum atomic E-state index is -4.63. The zero-order valence-electron chi connectivity index (χ0n) is 9.74. The molecule has 1 aromatic carbocycles. The maximum Gasteiger partial charge on any atom is 0.416 e. The Morgan fingerprint density at radius 3 is 2.35 bits per heavy atom. The van der Waals surface area contributed by atoms with Crippen LogP contribution in [0.25, 0.3) is 0 Å². The monoisotopic (exact) mass is 288 g/mol. The van der Waals surface area contributed by atoms with Gasteiger partial charge in [0.05, 0.1) is 5.56 Å². The average Bonchev–Trinajstić information content (AvgIpc) is 2.67. The Morgan fingerprint density at radius 1 is 1.15 bits per heavy atom. The Labute approximate surface area is 109 Å². The summed E-state index contributed by atoms with van der Waals surface area (Å²) in [5, 5.41) is 12.9. The van der Waals surface area contributed by atoms with Crippen LogP contribution in [0.2, 0.25) is 0 Å². The van der Waals surface area contributed by atoms with Gasteiger partial charge >= 0.3 is 6.18 Å². The summed E-state index contributed by atoms with van der Waals surface area (Å²) in [5.41, 5.74) is 9.34. The Hall–Kier alpha value is -2.65. The lowest BCUT2D eigenvalue weighted by Crippen LogP contribution is -2.04. The summed E-state index contributed by atoms with van der Waals surface area (Å²) in [6.45, 7) is 0. The molecule has 0 radical (unpaired) electrons. The van der Waals surface area contributed by atoms with Crippen molar-refractivity contribution in [2.24, 2.45) is 10.2 Å². The van der Waals surface area contributed by atoms with Crippen molar-refractivity contribution in [3.05, 3.63) is 29.6 Å². The van der Waals surface area contributed by atoms with Gasteiger partial charge in [-0.2, -0.15) is 18.3 Å². The van der Waals surface area contributed by atoms with Gasteiger partial charge in [0.2, 0.25) is 0 Å². The zero-order chi connectivity index (χ0) is 14.9. The number of H-pyrrole nitrogens is 1. The SMILES string of the molecule is Nc1n[nH]c(N)c1N=Nc1ccc(C(F)(F)F)cc1F. The summed E-state index contributed by atoms with van der Waals surface area (Å²) in [6, 6.07) is 1.88. The molecule has 0 fully saturated rings. The molecule has 1 aromatic heterocycles. The minimum absolute atomic E-state index is 0.00991. The van der Waals surface area contributed by atoms with Crippen molar-refractivity contribution in [1.82, 2.24) is 10.2 Å². The minimum Gasteiger partial charge on any atom is -0.382 e.